The Morgan fingerprint density at radius 3 is 1.54 bits per heavy atom. The van der Waals surface area contributed by atoms with Gasteiger partial charge in [-0.25, -0.2) is 9.36 Å². The van der Waals surface area contributed by atoms with Crippen molar-refractivity contribution in [1.82, 2.24) is 63.4 Å². The molecule has 0 saturated carbocycles. The quantitative estimate of drug-likeness (QED) is 0.00731. The van der Waals surface area contributed by atoms with Crippen LogP contribution in [-0.2, 0) is 108 Å². The minimum absolute atomic E-state index is 0.00652. The van der Waals surface area contributed by atoms with Crippen LogP contribution in [0.15, 0.2) is 65.7 Å². The third-order valence-corrected chi connectivity index (χ3v) is 17.5. The Bertz CT molecular complexity index is 3570. The lowest BCUT2D eigenvalue weighted by molar-refractivity contribution is -0.146. The molecule has 1 heterocycles. The SMILES string of the molecule is COC(=O)CC[C@H](NC(=O)[C@@H](NC(=O)[C@H](CC(=O)OC)NC(=O)[C@@H](NC(=O)[C@H](Cc1ccccc1)NC(=O)CNC(=O)[C@@H](NC(=O)[C@H](Cc1ccccc1)NC(=O)[C@H](CO)NC(=O)[C@@H]1CCCN1C(=O)[C@@H](NC(=O)[C@@H](N)[C@@H](C)O)[C@@H](C)O)C(C)C)[C@@H](C)O)[C@@H](C)OP(=O)(O)O)C(=O)N[C@@H](CCCN=C(N)N)C(=O)OC. The van der Waals surface area contributed by atoms with Gasteiger partial charge in [-0.3, -0.25) is 76.6 Å². The highest BCUT2D eigenvalue weighted by Gasteiger charge is 2.43. The van der Waals surface area contributed by atoms with Gasteiger partial charge >= 0.3 is 25.7 Å². The van der Waals surface area contributed by atoms with Crippen molar-refractivity contribution in [2.45, 2.75) is 196 Å². The molecular weight excluding hydrogens is 1480 g/mol. The van der Waals surface area contributed by atoms with Crippen molar-refractivity contribution < 1.29 is 125 Å². The number of benzene rings is 2. The number of phosphoric acid groups is 1. The van der Waals surface area contributed by atoms with Crippen LogP contribution >= 0.6 is 7.82 Å². The molecule has 12 amide bonds. The first kappa shape index (κ1) is 93.9. The van der Waals surface area contributed by atoms with Crippen molar-refractivity contribution in [2.75, 3.05) is 47.6 Å². The summed E-state index contributed by atoms with van der Waals surface area (Å²) in [6.07, 6.45) is -9.31. The molecule has 16 atom stereocenters. The van der Waals surface area contributed by atoms with E-state index < -0.39 is 232 Å². The molecule has 1 saturated heterocycles. The first-order valence-electron chi connectivity index (χ1n) is 34.8. The summed E-state index contributed by atoms with van der Waals surface area (Å²) in [6, 6.07) is -4.48. The van der Waals surface area contributed by atoms with Crippen LogP contribution in [0.4, 0.5) is 0 Å². The number of carbonyl (C=O) groups is 15. The number of carbonyl (C=O) groups excluding carboxylic acids is 15. The number of methoxy groups -OCH3 is 3. The van der Waals surface area contributed by atoms with Crippen LogP contribution in [0.3, 0.4) is 0 Å². The fourth-order valence-electron chi connectivity index (χ4n) is 10.9. The van der Waals surface area contributed by atoms with Crippen LogP contribution in [0.5, 0.6) is 0 Å². The van der Waals surface area contributed by atoms with Crippen LogP contribution in [0.1, 0.15) is 97.6 Å². The maximum atomic E-state index is 14.4. The summed E-state index contributed by atoms with van der Waals surface area (Å²) in [5, 5.41) is 67.5. The number of aliphatic hydroxyl groups excluding tert-OH is 4. The summed E-state index contributed by atoms with van der Waals surface area (Å²) in [6.45, 7) is 5.43. The molecule has 1 fully saturated rings. The van der Waals surface area contributed by atoms with Gasteiger partial charge in [0.15, 0.2) is 5.96 Å². The average molecular weight is 1580 g/mol. The number of aliphatic imine (C=N–C) groups is 1. The number of ether oxygens (including phenoxy) is 3. The summed E-state index contributed by atoms with van der Waals surface area (Å²) >= 11 is 0. The van der Waals surface area contributed by atoms with Crippen LogP contribution in [-0.4, -0.2) is 274 Å². The number of aliphatic hydroxyl groups is 4. The molecule has 0 bridgehead atoms. The largest absolute Gasteiger partial charge is 0.469 e. The number of likely N-dealkylation sites (tertiary alicyclic amines) is 1. The molecule has 43 heteroatoms. The zero-order valence-electron chi connectivity index (χ0n) is 62.2. The van der Waals surface area contributed by atoms with E-state index in [1.807, 2.05) is 0 Å². The Morgan fingerprint density at radius 1 is 0.545 bits per heavy atom. The number of nitrogens with two attached hydrogens (primary N) is 3. The van der Waals surface area contributed by atoms with Crippen LogP contribution < -0.4 is 75.7 Å². The number of guanidine groups is 1. The van der Waals surface area contributed by atoms with Crippen molar-refractivity contribution in [3.05, 3.63) is 71.8 Å². The monoisotopic (exact) mass is 1580 g/mol. The van der Waals surface area contributed by atoms with Crippen molar-refractivity contribution in [1.29, 1.82) is 0 Å². The predicted octanol–water partition coefficient (Wildman–Crippen LogP) is -8.21. The molecule has 0 aliphatic carbocycles. The zero-order valence-corrected chi connectivity index (χ0v) is 63.1. The lowest BCUT2D eigenvalue weighted by Crippen LogP contribution is -2.63. The fourth-order valence-corrected chi connectivity index (χ4v) is 11.4. The number of nitrogens with zero attached hydrogens (tertiary/aromatic N) is 2. The number of nitrogens with one attached hydrogen (secondary N) is 11. The highest BCUT2D eigenvalue weighted by Crippen LogP contribution is 2.38. The van der Waals surface area contributed by atoms with Gasteiger partial charge in [-0.2, -0.15) is 0 Å². The predicted molar refractivity (Wildman–Crippen MR) is 385 cm³/mol. The van der Waals surface area contributed by atoms with Gasteiger partial charge in [0.05, 0.1) is 65.3 Å². The molecule has 1 aliphatic heterocycles. The summed E-state index contributed by atoms with van der Waals surface area (Å²) in [4.78, 5) is 230. The molecule has 612 valence electrons. The van der Waals surface area contributed by atoms with Gasteiger partial charge in [0.2, 0.25) is 70.9 Å². The first-order valence-corrected chi connectivity index (χ1v) is 36.3. The summed E-state index contributed by atoms with van der Waals surface area (Å²) in [5.41, 5.74) is 17.4. The van der Waals surface area contributed by atoms with E-state index in [0.717, 1.165) is 40.1 Å². The molecule has 3 rings (SSSR count). The summed E-state index contributed by atoms with van der Waals surface area (Å²) in [5.74, 6) is -17.7. The van der Waals surface area contributed by atoms with Gasteiger partial charge in [-0.05, 0) is 76.8 Å². The topological polar surface area (TPSA) is 657 Å². The normalized spacial score (nSPS) is 16.7. The van der Waals surface area contributed by atoms with E-state index >= 15 is 0 Å². The molecule has 0 radical (unpaired) electrons. The lowest BCUT2D eigenvalue weighted by atomic mass is 10.0. The number of hydrogen-bond acceptors (Lipinski definition) is 26. The zero-order chi connectivity index (χ0) is 82.9. The molecule has 0 aromatic heterocycles. The number of amides is 12. The van der Waals surface area contributed by atoms with Crippen LogP contribution in [0, 0.1) is 5.92 Å². The molecule has 2 aromatic carbocycles. The Hall–Kier alpha value is -10.3. The fraction of sp³-hybridized carbons (Fsp3) is 0.582. The van der Waals surface area contributed by atoms with Gasteiger partial charge in [0.1, 0.15) is 72.5 Å². The molecule has 110 heavy (non-hydrogen) atoms. The van der Waals surface area contributed by atoms with E-state index in [1.54, 1.807) is 60.7 Å². The van der Waals surface area contributed by atoms with Gasteiger partial charge in [0, 0.05) is 32.4 Å². The Kier molecular flexibility index (Phi) is 39.5. The third-order valence-electron chi connectivity index (χ3n) is 16.9. The Labute approximate surface area is 632 Å². The second kappa shape index (κ2) is 46.2. The Balaban J connectivity index is 1.90. The van der Waals surface area contributed by atoms with Crippen molar-refractivity contribution in [3.8, 4) is 0 Å². The number of phosphoric ester groups is 1. The van der Waals surface area contributed by atoms with Crippen molar-refractivity contribution in [2.24, 2.45) is 28.1 Å². The minimum atomic E-state index is -5.57. The summed E-state index contributed by atoms with van der Waals surface area (Å²) < 4.78 is 31.1. The third kappa shape index (κ3) is 31.7. The molecule has 0 unspecified atom stereocenters. The van der Waals surface area contributed by atoms with E-state index in [0.29, 0.717) is 11.1 Å². The maximum absolute atomic E-state index is 14.4. The minimum Gasteiger partial charge on any atom is -0.469 e. The van der Waals surface area contributed by atoms with Gasteiger partial charge < -0.3 is 125 Å². The lowest BCUT2D eigenvalue weighted by Gasteiger charge is -2.31. The number of esters is 3. The molecular formula is C67H103N16O26P. The highest BCUT2D eigenvalue weighted by atomic mass is 31.2. The molecule has 1 aliphatic rings. The van der Waals surface area contributed by atoms with Crippen molar-refractivity contribution in [3.63, 3.8) is 0 Å². The molecule has 0 spiro atoms. The second-order valence-electron chi connectivity index (χ2n) is 26.0. The van der Waals surface area contributed by atoms with E-state index in [2.05, 4.69) is 68.2 Å². The van der Waals surface area contributed by atoms with Crippen LogP contribution in [0.2, 0.25) is 0 Å². The number of hydrogen-bond donors (Lipinski definition) is 20. The van der Waals surface area contributed by atoms with Gasteiger partial charge in [-0.1, -0.05) is 74.5 Å². The molecule has 2 aromatic rings. The van der Waals surface area contributed by atoms with Crippen LogP contribution in [0.25, 0.3) is 0 Å². The standard InChI is InChI=1S/C67H103N16O26P/c1-33(2)51(79-57(93)43(29-39-20-14-11-15-21-39)76-59(95)45(32-84)78-60(96)46-23-17-27-83(46)65(101)53(36(5)87)81-61(97)50(68)34(3)85)62(98)72-31-47(88)73-42(28-38-18-12-10-13-19-38)56(92)80-52(35(4)86)63(99)77-44(30-49(90)107-8)58(94)82-54(37(6)109-110(103,104)105)64(100)74-40(24-25-48(89)106-7)55(91)75-41(66(102)108-9)22-16-26-71-67(69)70/h10-15,18-21,33-37,40-46,50-54,84-87H,16-17,22-32,68H2,1-9H3,(H,72,98)(H,73,88)(H,74,100)(H,75,91)(H,76,95)(H,77,99)(H,78,96)(H,79,93)(H,80,92)(H,81,97)(H,82,94)(H4,69,70,71)(H2,103,104,105)/t34-,35-,36-,37-,40+,41+,42+,43+,44+,45+,46+,50+,51+,52+,53+,54+/m1/s1. The first-order chi connectivity index (χ1) is 51.7. The second-order valence-corrected chi connectivity index (χ2v) is 27.2. The van der Waals surface area contributed by atoms with Crippen molar-refractivity contribution >= 4 is 103 Å². The highest BCUT2D eigenvalue weighted by molar-refractivity contribution is 7.46. The van der Waals surface area contributed by atoms with E-state index in [-0.39, 0.29) is 57.6 Å². The van der Waals surface area contributed by atoms with Gasteiger partial charge in [0.25, 0.3) is 0 Å². The van der Waals surface area contributed by atoms with E-state index in [1.165, 1.54) is 27.7 Å². The number of rotatable bonds is 45. The van der Waals surface area contributed by atoms with E-state index in [4.69, 9.17) is 31.2 Å². The maximum Gasteiger partial charge on any atom is 0.469 e. The smallest absolute Gasteiger partial charge is 0.469 e. The Morgan fingerprint density at radius 2 is 1.03 bits per heavy atom. The molecule has 23 N–H and O–H groups in total. The molecule has 42 nitrogen and oxygen atoms in total. The summed E-state index contributed by atoms with van der Waals surface area (Å²) in [7, 11) is -2.67. The average Bonchev–Trinajstić information content (AvgIpc) is 1.60. The van der Waals surface area contributed by atoms with E-state index in [9.17, 15) is 107 Å². The van der Waals surface area contributed by atoms with Gasteiger partial charge in [-0.15, -0.1) is 0 Å².